The average molecular weight is 375 g/mol. The van der Waals surface area contributed by atoms with Crippen LogP contribution in [0.5, 0.6) is 0 Å². The van der Waals surface area contributed by atoms with Crippen molar-refractivity contribution >= 4 is 5.71 Å². The van der Waals surface area contributed by atoms with E-state index in [0.29, 0.717) is 19.1 Å². The molecule has 3 saturated carbocycles. The highest BCUT2D eigenvalue weighted by Gasteiger charge is 2.60. The molecule has 3 fully saturated rings. The molecular formula is C23H38N2O2. The predicted octanol–water partition coefficient (Wildman–Crippen LogP) is 4.28. The summed E-state index contributed by atoms with van der Waals surface area (Å²) in [7, 11) is 0. The van der Waals surface area contributed by atoms with Crippen molar-refractivity contribution in [2.45, 2.75) is 78.7 Å². The fourth-order valence-electron chi connectivity index (χ4n) is 7.54. The van der Waals surface area contributed by atoms with Crippen LogP contribution in [0.1, 0.15) is 72.6 Å². The molecule has 0 spiro atoms. The lowest BCUT2D eigenvalue weighted by atomic mass is 9.45. The summed E-state index contributed by atoms with van der Waals surface area (Å²) in [5.74, 6) is 2.16. The molecule has 0 saturated heterocycles. The van der Waals surface area contributed by atoms with E-state index in [1.807, 2.05) is 0 Å². The quantitative estimate of drug-likeness (QED) is 0.440. The molecule has 0 aliphatic heterocycles. The molecule has 6 atom stereocenters. The standard InChI is InChI=1S/C23H38N2O2/c1-21(2)18-7-5-15-16-6-8-20(26)23(16,4)11-9-17(15)22(18,3)12-10-19(21)25-27-14-13-24/h7,15-17,20,26H,5-6,8-14,24H2,1-4H3/t15-,16-,17-,20-,22+,23-/m0/s1. The molecule has 152 valence electrons. The van der Waals surface area contributed by atoms with Gasteiger partial charge in [-0.15, -0.1) is 0 Å². The van der Waals surface area contributed by atoms with Crippen LogP contribution in [0.3, 0.4) is 0 Å². The molecule has 0 amide bonds. The normalized spacial score (nSPS) is 47.0. The Labute approximate surface area is 164 Å². The smallest absolute Gasteiger partial charge is 0.129 e. The zero-order chi connectivity index (χ0) is 19.4. The molecule has 0 radical (unpaired) electrons. The topological polar surface area (TPSA) is 67.8 Å². The minimum atomic E-state index is -0.0946. The van der Waals surface area contributed by atoms with Gasteiger partial charge in [-0.3, -0.25) is 0 Å². The van der Waals surface area contributed by atoms with Gasteiger partial charge in [0, 0.05) is 12.0 Å². The van der Waals surface area contributed by atoms with Crippen molar-refractivity contribution < 1.29 is 9.94 Å². The number of hydrogen-bond acceptors (Lipinski definition) is 4. The Hall–Kier alpha value is -0.870. The molecule has 4 aliphatic rings. The van der Waals surface area contributed by atoms with Crippen LogP contribution in [0.2, 0.25) is 0 Å². The monoisotopic (exact) mass is 374 g/mol. The first-order valence-electron chi connectivity index (χ1n) is 11.0. The van der Waals surface area contributed by atoms with Crippen molar-refractivity contribution in [2.24, 2.45) is 44.9 Å². The molecule has 0 aromatic heterocycles. The second-order valence-electron chi connectivity index (χ2n) is 10.6. The summed E-state index contributed by atoms with van der Waals surface area (Å²) in [5, 5.41) is 15.1. The van der Waals surface area contributed by atoms with E-state index in [2.05, 4.69) is 38.9 Å². The van der Waals surface area contributed by atoms with Crippen LogP contribution in [-0.4, -0.2) is 30.1 Å². The molecule has 4 rings (SSSR count). The molecule has 27 heavy (non-hydrogen) atoms. The van der Waals surface area contributed by atoms with Crippen LogP contribution < -0.4 is 5.73 Å². The largest absolute Gasteiger partial charge is 0.394 e. The third-order valence-corrected chi connectivity index (χ3v) is 9.07. The first kappa shape index (κ1) is 19.4. The Bertz CT molecular complexity index is 655. The maximum atomic E-state index is 10.6. The molecule has 0 bridgehead atoms. The van der Waals surface area contributed by atoms with Gasteiger partial charge < -0.3 is 15.7 Å². The Morgan fingerprint density at radius 1 is 1.15 bits per heavy atom. The molecule has 4 aliphatic carbocycles. The molecule has 0 unspecified atom stereocenters. The number of rotatable bonds is 3. The minimum absolute atomic E-state index is 0.0392. The van der Waals surface area contributed by atoms with Gasteiger partial charge in [0.15, 0.2) is 0 Å². The highest BCUT2D eigenvalue weighted by atomic mass is 16.6. The van der Waals surface area contributed by atoms with Crippen molar-refractivity contribution in [3.8, 4) is 0 Å². The van der Waals surface area contributed by atoms with Gasteiger partial charge in [-0.05, 0) is 73.5 Å². The average Bonchev–Trinajstić information content (AvgIpc) is 2.92. The summed E-state index contributed by atoms with van der Waals surface area (Å²) >= 11 is 0. The first-order valence-corrected chi connectivity index (χ1v) is 11.0. The lowest BCUT2D eigenvalue weighted by Crippen LogP contribution is -2.54. The van der Waals surface area contributed by atoms with Gasteiger partial charge in [-0.1, -0.05) is 44.5 Å². The van der Waals surface area contributed by atoms with Crippen molar-refractivity contribution in [3.63, 3.8) is 0 Å². The summed E-state index contributed by atoms with van der Waals surface area (Å²) in [6.45, 7) is 10.5. The SMILES string of the molecule is CC1(C)C2=CC[C@H]3[C@@H]4CC[C@H](O)[C@@]4(C)CC[C@@H]3[C@@]2(C)CCC1=NOCCN. The van der Waals surface area contributed by atoms with E-state index in [-0.39, 0.29) is 22.3 Å². The number of aliphatic hydroxyl groups excluding tert-OH is 1. The predicted molar refractivity (Wildman–Crippen MR) is 109 cm³/mol. The molecular weight excluding hydrogens is 336 g/mol. The van der Waals surface area contributed by atoms with Gasteiger partial charge in [0.2, 0.25) is 0 Å². The number of aliphatic hydroxyl groups is 1. The number of nitrogens with zero attached hydrogens (tertiary/aromatic N) is 1. The Morgan fingerprint density at radius 2 is 1.93 bits per heavy atom. The van der Waals surface area contributed by atoms with Crippen LogP contribution >= 0.6 is 0 Å². The summed E-state index contributed by atoms with van der Waals surface area (Å²) < 4.78 is 0. The molecule has 4 nitrogen and oxygen atoms in total. The minimum Gasteiger partial charge on any atom is -0.394 e. The van der Waals surface area contributed by atoms with E-state index in [1.165, 1.54) is 37.8 Å². The van der Waals surface area contributed by atoms with Gasteiger partial charge in [0.1, 0.15) is 6.61 Å². The molecule has 0 aromatic carbocycles. The van der Waals surface area contributed by atoms with E-state index in [9.17, 15) is 5.11 Å². The third-order valence-electron chi connectivity index (χ3n) is 9.07. The number of oxime groups is 1. The van der Waals surface area contributed by atoms with Crippen molar-refractivity contribution in [3.05, 3.63) is 11.6 Å². The van der Waals surface area contributed by atoms with Crippen LogP contribution in [0.15, 0.2) is 16.8 Å². The first-order chi connectivity index (χ1) is 12.7. The second kappa shape index (κ2) is 6.59. The van der Waals surface area contributed by atoms with Crippen molar-refractivity contribution in [2.75, 3.05) is 13.2 Å². The van der Waals surface area contributed by atoms with Gasteiger partial charge in [0.25, 0.3) is 0 Å². The summed E-state index contributed by atoms with van der Waals surface area (Å²) in [4.78, 5) is 5.47. The fourth-order valence-corrected chi connectivity index (χ4v) is 7.54. The lowest BCUT2D eigenvalue weighted by molar-refractivity contribution is -0.0670. The van der Waals surface area contributed by atoms with Gasteiger partial charge in [-0.25, -0.2) is 0 Å². The maximum Gasteiger partial charge on any atom is 0.129 e. The number of fused-ring (bicyclic) bond motifs is 5. The fraction of sp³-hybridized carbons (Fsp3) is 0.870. The molecule has 0 heterocycles. The zero-order valence-corrected chi connectivity index (χ0v) is 17.6. The van der Waals surface area contributed by atoms with Crippen LogP contribution in [-0.2, 0) is 4.84 Å². The van der Waals surface area contributed by atoms with E-state index < -0.39 is 0 Å². The molecule has 0 aromatic rings. The maximum absolute atomic E-state index is 10.6. The highest BCUT2D eigenvalue weighted by molar-refractivity contribution is 5.93. The van der Waals surface area contributed by atoms with Crippen molar-refractivity contribution in [1.82, 2.24) is 0 Å². The number of allylic oxidation sites excluding steroid dienone is 2. The summed E-state index contributed by atoms with van der Waals surface area (Å²) in [5.41, 5.74) is 8.68. The Kier molecular flexibility index (Phi) is 4.74. The number of hydrogen-bond donors (Lipinski definition) is 2. The summed E-state index contributed by atoms with van der Waals surface area (Å²) in [6.07, 6.45) is 10.5. The second-order valence-corrected chi connectivity index (χ2v) is 10.6. The third kappa shape index (κ3) is 2.73. The van der Waals surface area contributed by atoms with E-state index in [0.717, 1.165) is 24.7 Å². The number of nitrogens with two attached hydrogens (primary N) is 1. The Morgan fingerprint density at radius 3 is 2.67 bits per heavy atom. The highest BCUT2D eigenvalue weighted by Crippen LogP contribution is 2.66. The molecule has 3 N–H and O–H groups in total. The zero-order valence-electron chi connectivity index (χ0n) is 17.6. The summed E-state index contributed by atoms with van der Waals surface area (Å²) in [6, 6.07) is 0. The lowest BCUT2D eigenvalue weighted by Gasteiger charge is -2.60. The van der Waals surface area contributed by atoms with Gasteiger partial charge in [0.05, 0.1) is 11.8 Å². The van der Waals surface area contributed by atoms with Crippen LogP contribution in [0.25, 0.3) is 0 Å². The van der Waals surface area contributed by atoms with Crippen LogP contribution in [0.4, 0.5) is 0 Å². The van der Waals surface area contributed by atoms with Crippen LogP contribution in [0, 0.1) is 34.0 Å². The van der Waals surface area contributed by atoms with Gasteiger partial charge in [-0.2, -0.15) is 0 Å². The van der Waals surface area contributed by atoms with E-state index in [1.54, 1.807) is 5.57 Å². The van der Waals surface area contributed by atoms with Gasteiger partial charge >= 0.3 is 0 Å². The Balaban J connectivity index is 1.65. The van der Waals surface area contributed by atoms with E-state index >= 15 is 0 Å². The van der Waals surface area contributed by atoms with Crippen molar-refractivity contribution in [1.29, 1.82) is 0 Å². The van der Waals surface area contributed by atoms with E-state index in [4.69, 9.17) is 10.6 Å². The molecule has 4 heteroatoms.